The van der Waals surface area contributed by atoms with Crippen molar-refractivity contribution in [1.82, 2.24) is 39.6 Å². The Kier molecular flexibility index (Phi) is 8.34. The molecule has 0 aliphatic carbocycles. The minimum atomic E-state index is -4.72. The van der Waals surface area contributed by atoms with E-state index in [4.69, 9.17) is 26.1 Å². The topological polar surface area (TPSA) is 107 Å². The van der Waals surface area contributed by atoms with Crippen LogP contribution >= 0.6 is 11.6 Å². The zero-order valence-corrected chi connectivity index (χ0v) is 25.2. The molecule has 5 heterocycles. The molecule has 0 spiro atoms. The number of benzene rings is 2. The first-order chi connectivity index (χ1) is 22.2. The summed E-state index contributed by atoms with van der Waals surface area (Å²) in [6, 6.07) is 12.0. The van der Waals surface area contributed by atoms with E-state index in [1.54, 1.807) is 12.3 Å². The Morgan fingerprint density at radius 1 is 1.02 bits per heavy atom. The molecule has 0 bridgehead atoms. The van der Waals surface area contributed by atoms with Crippen molar-refractivity contribution in [1.29, 1.82) is 0 Å². The number of hydrogen-bond acceptors (Lipinski definition) is 8. The van der Waals surface area contributed by atoms with Gasteiger partial charge in [0.15, 0.2) is 5.82 Å². The molecular formula is C31H29ClF4N8O2. The summed E-state index contributed by atoms with van der Waals surface area (Å²) in [5, 5.41) is 7.33. The molecule has 2 saturated heterocycles. The summed E-state index contributed by atoms with van der Waals surface area (Å²) >= 11 is 5.99. The molecule has 2 fully saturated rings. The van der Waals surface area contributed by atoms with E-state index in [-0.39, 0.29) is 23.6 Å². The molecular weight excluding hydrogens is 628 g/mol. The predicted octanol–water partition coefficient (Wildman–Crippen LogP) is 5.85. The molecule has 2 aromatic carbocycles. The molecule has 1 atom stereocenters. The number of imidazole rings is 1. The van der Waals surface area contributed by atoms with Crippen molar-refractivity contribution in [3.05, 3.63) is 82.5 Å². The summed E-state index contributed by atoms with van der Waals surface area (Å²) in [4.78, 5) is 18.1. The van der Waals surface area contributed by atoms with E-state index in [2.05, 4.69) is 30.0 Å². The predicted molar refractivity (Wildman–Crippen MR) is 160 cm³/mol. The number of halogens is 5. The quantitative estimate of drug-likeness (QED) is 0.197. The number of likely N-dealkylation sites (tertiary alicyclic amines) is 1. The van der Waals surface area contributed by atoms with Crippen LogP contribution in [0.1, 0.15) is 42.3 Å². The van der Waals surface area contributed by atoms with Gasteiger partial charge >= 0.3 is 6.18 Å². The third kappa shape index (κ3) is 6.69. The molecule has 5 aromatic rings. The highest BCUT2D eigenvalue weighted by molar-refractivity contribution is 6.30. The van der Waals surface area contributed by atoms with Crippen LogP contribution in [-0.2, 0) is 30.4 Å². The lowest BCUT2D eigenvalue weighted by molar-refractivity contribution is -0.144. The van der Waals surface area contributed by atoms with Gasteiger partial charge in [0.05, 0.1) is 35.8 Å². The number of alkyl halides is 3. The largest absolute Gasteiger partial charge is 0.474 e. The third-order valence-corrected chi connectivity index (χ3v) is 8.50. The number of H-pyrrole nitrogens is 1. The fourth-order valence-corrected chi connectivity index (χ4v) is 5.84. The number of fused-ring (bicyclic) bond motifs is 1. The summed E-state index contributed by atoms with van der Waals surface area (Å²) in [5.74, 6) is -0.410. The molecule has 15 heteroatoms. The smallest absolute Gasteiger partial charge is 0.451 e. The maximum Gasteiger partial charge on any atom is 0.451 e. The third-order valence-electron chi connectivity index (χ3n) is 8.25. The number of aromatic nitrogens is 7. The van der Waals surface area contributed by atoms with Gasteiger partial charge in [0.2, 0.25) is 11.7 Å². The summed E-state index contributed by atoms with van der Waals surface area (Å²) in [6.45, 7) is 3.16. The second-order valence-corrected chi connectivity index (χ2v) is 11.9. The lowest BCUT2D eigenvalue weighted by Crippen LogP contribution is -2.39. The molecule has 7 rings (SSSR count). The monoisotopic (exact) mass is 656 g/mol. The van der Waals surface area contributed by atoms with Gasteiger partial charge in [-0.15, -0.1) is 10.2 Å². The first kappa shape index (κ1) is 30.5. The SMILES string of the molecule is Fc1cc2c(cc1-c1nnc(C(F)(F)F)[nH]1)nc(CN1CCC(Oc3ccnc(Cc4ccc(Cl)cc4)n3)CC1)n2CC1CCO1. The minimum absolute atomic E-state index is 0.0147. The van der Waals surface area contributed by atoms with Gasteiger partial charge in [-0.05, 0) is 43.0 Å². The zero-order valence-electron chi connectivity index (χ0n) is 24.5. The van der Waals surface area contributed by atoms with Gasteiger partial charge in [-0.25, -0.2) is 14.4 Å². The van der Waals surface area contributed by atoms with Crippen LogP contribution in [0, 0.1) is 5.82 Å². The lowest BCUT2D eigenvalue weighted by atomic mass is 10.1. The van der Waals surface area contributed by atoms with Gasteiger partial charge in [-0.1, -0.05) is 23.7 Å². The van der Waals surface area contributed by atoms with Gasteiger partial charge in [-0.3, -0.25) is 4.90 Å². The van der Waals surface area contributed by atoms with E-state index in [9.17, 15) is 13.2 Å². The van der Waals surface area contributed by atoms with Crippen LogP contribution in [-0.4, -0.2) is 71.5 Å². The Morgan fingerprint density at radius 3 is 2.50 bits per heavy atom. The zero-order chi connectivity index (χ0) is 31.8. The molecule has 3 aromatic heterocycles. The first-order valence-corrected chi connectivity index (χ1v) is 15.3. The number of nitrogens with one attached hydrogen (secondary N) is 1. The molecule has 2 aliphatic rings. The molecule has 1 unspecified atom stereocenters. The number of hydrogen-bond donors (Lipinski definition) is 1. The molecule has 10 nitrogen and oxygen atoms in total. The van der Waals surface area contributed by atoms with E-state index < -0.39 is 17.8 Å². The van der Waals surface area contributed by atoms with Crippen LogP contribution in [0.5, 0.6) is 5.88 Å². The summed E-state index contributed by atoms with van der Waals surface area (Å²) in [6.07, 6.45) is -0.0649. The van der Waals surface area contributed by atoms with Crippen LogP contribution in [0.15, 0.2) is 48.7 Å². The van der Waals surface area contributed by atoms with Crippen LogP contribution in [0.25, 0.3) is 22.4 Å². The molecule has 46 heavy (non-hydrogen) atoms. The van der Waals surface area contributed by atoms with E-state index in [0.717, 1.165) is 43.7 Å². The molecule has 1 N–H and O–H groups in total. The minimum Gasteiger partial charge on any atom is -0.474 e. The molecule has 0 saturated carbocycles. The highest BCUT2D eigenvalue weighted by Crippen LogP contribution is 2.31. The summed E-state index contributed by atoms with van der Waals surface area (Å²) in [7, 11) is 0. The highest BCUT2D eigenvalue weighted by atomic mass is 35.5. The molecule has 0 amide bonds. The lowest BCUT2D eigenvalue weighted by Gasteiger charge is -2.32. The van der Waals surface area contributed by atoms with Crippen molar-refractivity contribution in [3.8, 4) is 17.3 Å². The highest BCUT2D eigenvalue weighted by Gasteiger charge is 2.36. The Hall–Kier alpha value is -4.14. The van der Waals surface area contributed by atoms with Gasteiger partial charge in [-0.2, -0.15) is 18.2 Å². The van der Waals surface area contributed by atoms with Gasteiger partial charge in [0.25, 0.3) is 0 Å². The average molecular weight is 657 g/mol. The summed E-state index contributed by atoms with van der Waals surface area (Å²) < 4.78 is 68.3. The number of ether oxygens (including phenoxy) is 2. The Morgan fingerprint density at radius 2 is 1.80 bits per heavy atom. The maximum absolute atomic E-state index is 15.3. The average Bonchev–Trinajstić information content (AvgIpc) is 3.62. The second kappa shape index (κ2) is 12.6. The fraction of sp³-hybridized carbons (Fsp3) is 0.387. The van der Waals surface area contributed by atoms with E-state index in [1.807, 2.05) is 28.8 Å². The Bertz CT molecular complexity index is 1830. The molecule has 0 radical (unpaired) electrons. The molecule has 2 aliphatic heterocycles. The van der Waals surface area contributed by atoms with Crippen LogP contribution < -0.4 is 4.74 Å². The molecule has 240 valence electrons. The number of nitrogens with zero attached hydrogens (tertiary/aromatic N) is 7. The van der Waals surface area contributed by atoms with Gasteiger partial charge in [0, 0.05) is 49.5 Å². The number of rotatable bonds is 9. The number of aromatic amines is 1. The van der Waals surface area contributed by atoms with E-state index >= 15 is 4.39 Å². The Balaban J connectivity index is 1.04. The van der Waals surface area contributed by atoms with Crippen molar-refractivity contribution in [2.24, 2.45) is 0 Å². The second-order valence-electron chi connectivity index (χ2n) is 11.5. The van der Waals surface area contributed by atoms with Crippen LogP contribution in [0.3, 0.4) is 0 Å². The van der Waals surface area contributed by atoms with E-state index in [1.165, 1.54) is 12.1 Å². The first-order valence-electron chi connectivity index (χ1n) is 14.9. The maximum atomic E-state index is 15.3. The fourth-order valence-electron chi connectivity index (χ4n) is 5.72. The van der Waals surface area contributed by atoms with Crippen LogP contribution in [0.4, 0.5) is 17.6 Å². The van der Waals surface area contributed by atoms with Crippen LogP contribution in [0.2, 0.25) is 5.02 Å². The normalized spacial score (nSPS) is 17.8. The van der Waals surface area contributed by atoms with Crippen molar-refractivity contribution in [2.45, 2.75) is 57.2 Å². The van der Waals surface area contributed by atoms with Gasteiger partial charge in [0.1, 0.15) is 23.6 Å². The Labute approximate surface area is 265 Å². The van der Waals surface area contributed by atoms with Crippen molar-refractivity contribution < 1.29 is 27.0 Å². The van der Waals surface area contributed by atoms with E-state index in [0.29, 0.717) is 53.9 Å². The van der Waals surface area contributed by atoms with Crippen molar-refractivity contribution >= 4 is 22.6 Å². The van der Waals surface area contributed by atoms with Crippen molar-refractivity contribution in [2.75, 3.05) is 19.7 Å². The number of piperidine rings is 1. The summed E-state index contributed by atoms with van der Waals surface area (Å²) in [5.41, 5.74) is 1.91. The van der Waals surface area contributed by atoms with Crippen molar-refractivity contribution in [3.63, 3.8) is 0 Å². The van der Waals surface area contributed by atoms with Gasteiger partial charge < -0.3 is 19.0 Å². The standard InChI is InChI=1S/C31H29ClF4N8O2/c32-19-3-1-18(2-4-19)13-26-37-9-5-28(39-26)46-20-6-10-43(11-7-20)17-27-38-24-14-22(29-40-30(42-41-29)31(34,35)36)23(33)15-25(24)44(27)16-21-8-12-45-21/h1-5,9,14-15,20-21H,6-8,10-13,16-17H2,(H,40,41,42).